The standard InChI is InChI=1S/C24H32FN6O8P/c1-13(2)37-21(34)14(3)10-40(35,39-15-7-5-4-6-8-15)36-9-16-18(32)24(27,11-25)22(38-16)31-12-28-17-19(31)29-23(26)30-20(17)33/h4-8,12-14,16,18,22,32H,9-11,27H2,1-3H3,(H3,26,29,30,33)/t14-,16-,18+,22-,24?,40-/m1/s1/i9D2. The fraction of sp³-hybridized carbons (Fsp3) is 0.500. The van der Waals surface area contributed by atoms with Crippen molar-refractivity contribution in [1.29, 1.82) is 0 Å². The number of esters is 1. The number of carbonyl (C=O) groups is 1. The monoisotopic (exact) mass is 584 g/mol. The molecule has 4 rings (SSSR count). The summed E-state index contributed by atoms with van der Waals surface area (Å²) in [6.45, 7) is 0.0886. The van der Waals surface area contributed by atoms with Gasteiger partial charge < -0.3 is 30.6 Å². The van der Waals surface area contributed by atoms with Crippen LogP contribution in [0.5, 0.6) is 5.75 Å². The molecular formula is C24H32FN6O8P. The molecular weight excluding hydrogens is 550 g/mol. The number of aliphatic hydroxyl groups excluding tert-OH is 1. The smallest absolute Gasteiger partial charge is 0.380 e. The van der Waals surface area contributed by atoms with Crippen molar-refractivity contribution in [2.45, 2.75) is 50.8 Å². The van der Waals surface area contributed by atoms with Crippen molar-refractivity contribution in [3.05, 3.63) is 47.0 Å². The summed E-state index contributed by atoms with van der Waals surface area (Å²) in [7, 11) is -4.57. The predicted molar refractivity (Wildman–Crippen MR) is 141 cm³/mol. The van der Waals surface area contributed by atoms with E-state index in [1.54, 1.807) is 32.0 Å². The fourth-order valence-corrected chi connectivity index (χ4v) is 5.78. The second kappa shape index (κ2) is 11.6. The number of aromatic nitrogens is 4. The number of nitrogens with zero attached hydrogens (tertiary/aromatic N) is 3. The van der Waals surface area contributed by atoms with E-state index in [0.717, 1.165) is 10.9 Å². The topological polar surface area (TPSA) is 207 Å². The fourth-order valence-electron chi connectivity index (χ4n) is 4.07. The average molecular weight is 585 g/mol. The van der Waals surface area contributed by atoms with Gasteiger partial charge in [0, 0.05) is 0 Å². The number of anilines is 1. The van der Waals surface area contributed by atoms with Crippen LogP contribution >= 0.6 is 7.60 Å². The zero-order valence-electron chi connectivity index (χ0n) is 23.9. The van der Waals surface area contributed by atoms with Gasteiger partial charge in [0.1, 0.15) is 30.2 Å². The van der Waals surface area contributed by atoms with Crippen LogP contribution in [-0.2, 0) is 23.4 Å². The van der Waals surface area contributed by atoms with Gasteiger partial charge in [-0.05, 0) is 26.0 Å². The van der Waals surface area contributed by atoms with Crippen molar-refractivity contribution in [3.8, 4) is 5.75 Å². The number of rotatable bonds is 11. The molecule has 0 aliphatic carbocycles. The normalized spacial score (nSPS) is 26.2. The molecule has 0 amide bonds. The number of nitrogen functional groups attached to an aromatic ring is 1. The molecule has 0 saturated carbocycles. The molecule has 1 aliphatic rings. The minimum Gasteiger partial charge on any atom is -0.463 e. The number of hydrogen-bond acceptors (Lipinski definition) is 12. The lowest BCUT2D eigenvalue weighted by Gasteiger charge is -2.30. The van der Waals surface area contributed by atoms with Crippen molar-refractivity contribution < 1.29 is 40.1 Å². The predicted octanol–water partition coefficient (Wildman–Crippen LogP) is 1.50. The molecule has 0 spiro atoms. The second-order valence-electron chi connectivity index (χ2n) is 9.67. The summed E-state index contributed by atoms with van der Waals surface area (Å²) in [5.41, 5.74) is 8.46. The van der Waals surface area contributed by atoms with Crippen LogP contribution in [0, 0.1) is 5.92 Å². The van der Waals surface area contributed by atoms with Gasteiger partial charge >= 0.3 is 13.6 Å². The Morgan fingerprint density at radius 1 is 1.38 bits per heavy atom. The number of aromatic amines is 1. The summed E-state index contributed by atoms with van der Waals surface area (Å²) in [4.78, 5) is 34.9. The van der Waals surface area contributed by atoms with E-state index < -0.39 is 74.5 Å². The van der Waals surface area contributed by atoms with E-state index in [1.807, 2.05) is 0 Å². The van der Waals surface area contributed by atoms with Gasteiger partial charge in [-0.2, -0.15) is 4.98 Å². The summed E-state index contributed by atoms with van der Waals surface area (Å²) in [6.07, 6.45) is -5.86. The zero-order chi connectivity index (χ0) is 31.0. The Morgan fingerprint density at radius 2 is 2.08 bits per heavy atom. The quantitative estimate of drug-likeness (QED) is 0.187. The number of hydrogen-bond donors (Lipinski definition) is 4. The third-order valence-electron chi connectivity index (χ3n) is 6.05. The number of nitrogens with two attached hydrogens (primary N) is 2. The van der Waals surface area contributed by atoms with Crippen molar-refractivity contribution >= 4 is 30.7 Å². The minimum atomic E-state index is -4.57. The molecule has 1 fully saturated rings. The first-order chi connectivity index (χ1) is 19.6. The van der Waals surface area contributed by atoms with Gasteiger partial charge in [0.2, 0.25) is 5.95 Å². The van der Waals surface area contributed by atoms with E-state index in [0.29, 0.717) is 0 Å². The number of benzene rings is 1. The zero-order valence-corrected chi connectivity index (χ0v) is 22.8. The summed E-state index contributed by atoms with van der Waals surface area (Å²) in [6, 6.07) is 7.70. The molecule has 16 heteroatoms. The maximum Gasteiger partial charge on any atom is 0.380 e. The van der Waals surface area contributed by atoms with E-state index in [2.05, 4.69) is 15.0 Å². The van der Waals surface area contributed by atoms with Gasteiger partial charge in [0.25, 0.3) is 5.56 Å². The van der Waals surface area contributed by atoms with Gasteiger partial charge in [-0.15, -0.1) is 0 Å². The van der Waals surface area contributed by atoms with Crippen molar-refractivity contribution in [2.75, 3.05) is 25.1 Å². The molecule has 6 N–H and O–H groups in total. The van der Waals surface area contributed by atoms with Gasteiger partial charge in [-0.25, -0.2) is 13.9 Å². The first-order valence-corrected chi connectivity index (χ1v) is 14.0. The molecule has 2 aromatic heterocycles. The molecule has 1 aliphatic heterocycles. The number of halogens is 1. The third-order valence-corrected chi connectivity index (χ3v) is 7.92. The van der Waals surface area contributed by atoms with Gasteiger partial charge in [0.15, 0.2) is 17.4 Å². The molecule has 14 nitrogen and oxygen atoms in total. The lowest BCUT2D eigenvalue weighted by atomic mass is 9.92. The second-order valence-corrected chi connectivity index (χ2v) is 11.6. The minimum absolute atomic E-state index is 0.0440. The Balaban J connectivity index is 1.68. The number of alkyl halides is 1. The van der Waals surface area contributed by atoms with Crippen LogP contribution in [0.25, 0.3) is 11.2 Å². The van der Waals surface area contributed by atoms with Crippen LogP contribution in [0.2, 0.25) is 0 Å². The molecule has 1 unspecified atom stereocenters. The number of fused-ring (bicyclic) bond motifs is 1. The third kappa shape index (κ3) is 6.03. The number of imidazole rings is 1. The van der Waals surface area contributed by atoms with Crippen molar-refractivity contribution in [3.63, 3.8) is 0 Å². The highest BCUT2D eigenvalue weighted by Crippen LogP contribution is 2.51. The summed E-state index contributed by atoms with van der Waals surface area (Å²) < 4.78 is 68.7. The Kier molecular flexibility index (Phi) is 7.80. The summed E-state index contributed by atoms with van der Waals surface area (Å²) >= 11 is 0. The van der Waals surface area contributed by atoms with Crippen molar-refractivity contribution in [1.82, 2.24) is 19.5 Å². The molecule has 1 aromatic carbocycles. The first kappa shape index (κ1) is 26.8. The van der Waals surface area contributed by atoms with E-state index in [9.17, 15) is 23.7 Å². The van der Waals surface area contributed by atoms with E-state index in [-0.39, 0.29) is 22.9 Å². The van der Waals surface area contributed by atoms with Crippen molar-refractivity contribution in [2.24, 2.45) is 11.7 Å². The van der Waals surface area contributed by atoms with E-state index in [4.69, 9.17) is 32.7 Å². The van der Waals surface area contributed by atoms with E-state index in [1.165, 1.54) is 19.1 Å². The van der Waals surface area contributed by atoms with Crippen LogP contribution in [0.15, 0.2) is 41.5 Å². The molecule has 218 valence electrons. The highest BCUT2D eigenvalue weighted by Gasteiger charge is 2.56. The number of aliphatic hydroxyl groups is 1. The van der Waals surface area contributed by atoms with Crippen LogP contribution in [-0.4, -0.2) is 73.8 Å². The maximum absolute atomic E-state index is 14.5. The number of H-pyrrole nitrogens is 1. The number of para-hydroxylation sites is 1. The van der Waals surface area contributed by atoms with Crippen LogP contribution in [0.4, 0.5) is 10.3 Å². The summed E-state index contributed by atoms with van der Waals surface area (Å²) in [5.74, 6) is -2.04. The van der Waals surface area contributed by atoms with Gasteiger partial charge in [0.05, 0.1) is 33.8 Å². The van der Waals surface area contributed by atoms with Crippen LogP contribution < -0.4 is 21.6 Å². The molecule has 0 bridgehead atoms. The molecule has 1 saturated heterocycles. The first-order valence-electron chi connectivity index (χ1n) is 13.3. The highest BCUT2D eigenvalue weighted by molar-refractivity contribution is 7.54. The average Bonchev–Trinajstić information content (AvgIpc) is 3.42. The van der Waals surface area contributed by atoms with Gasteiger partial charge in [-0.1, -0.05) is 25.1 Å². The molecule has 3 heterocycles. The molecule has 40 heavy (non-hydrogen) atoms. The number of carbonyl (C=O) groups excluding carboxylic acids is 1. The SMILES string of the molecule is [2H]C([2H])(O[P@](=O)(C[C@@H](C)C(=O)OC(C)C)Oc1ccccc1)[C@H]1O[C@@H](n2cnc3c(=O)[nH]c(N)nc32)C(N)(CF)[C@H]1O. The van der Waals surface area contributed by atoms with E-state index >= 15 is 0 Å². The number of nitrogens with one attached hydrogen (secondary N) is 1. The summed E-state index contributed by atoms with van der Waals surface area (Å²) in [5, 5.41) is 11.1. The Labute approximate surface area is 231 Å². The van der Waals surface area contributed by atoms with Gasteiger partial charge in [-0.3, -0.25) is 23.7 Å². The maximum atomic E-state index is 14.5. The van der Waals surface area contributed by atoms with Crippen LogP contribution in [0.3, 0.4) is 0 Å². The molecule has 6 atom stereocenters. The lowest BCUT2D eigenvalue weighted by Crippen LogP contribution is -2.56. The Morgan fingerprint density at radius 3 is 2.73 bits per heavy atom. The Hall–Kier alpha value is -3.36. The largest absolute Gasteiger partial charge is 0.463 e. The molecule has 3 aromatic rings. The Bertz CT molecular complexity index is 1540. The lowest BCUT2D eigenvalue weighted by molar-refractivity contribution is -0.151. The highest BCUT2D eigenvalue weighted by atomic mass is 31.2. The number of ether oxygens (including phenoxy) is 2. The molecule has 0 radical (unpaired) electrons. The van der Waals surface area contributed by atoms with Crippen LogP contribution in [0.1, 0.15) is 29.7 Å².